The average molecular weight is 264 g/mol. The first-order valence-electron chi connectivity index (χ1n) is 5.89. The van der Waals surface area contributed by atoms with Gasteiger partial charge in [0, 0.05) is 23.2 Å². The van der Waals surface area contributed by atoms with Crippen molar-refractivity contribution in [3.8, 4) is 0 Å². The summed E-state index contributed by atoms with van der Waals surface area (Å²) in [6.07, 6.45) is 0. The summed E-state index contributed by atoms with van der Waals surface area (Å²) >= 11 is 5.85. The van der Waals surface area contributed by atoms with Crippen LogP contribution in [0.4, 0.5) is 4.39 Å². The second-order valence-electron chi connectivity index (χ2n) is 4.25. The van der Waals surface area contributed by atoms with E-state index < -0.39 is 0 Å². The molecule has 0 aliphatic heterocycles. The van der Waals surface area contributed by atoms with Crippen molar-refractivity contribution >= 4 is 11.6 Å². The molecule has 0 aliphatic carbocycles. The van der Waals surface area contributed by atoms with Crippen LogP contribution in [-0.4, -0.2) is 0 Å². The molecular formula is C15H15ClFN. The van der Waals surface area contributed by atoms with Gasteiger partial charge in [0.15, 0.2) is 0 Å². The van der Waals surface area contributed by atoms with E-state index >= 15 is 0 Å². The zero-order valence-corrected chi connectivity index (χ0v) is 10.9. The number of rotatable bonds is 4. The van der Waals surface area contributed by atoms with Crippen LogP contribution in [0.2, 0.25) is 5.02 Å². The quantitative estimate of drug-likeness (QED) is 0.866. The van der Waals surface area contributed by atoms with Gasteiger partial charge in [-0.15, -0.1) is 0 Å². The molecule has 3 heteroatoms. The number of halogens is 2. The van der Waals surface area contributed by atoms with Crippen LogP contribution in [0.15, 0.2) is 48.5 Å². The second kappa shape index (κ2) is 5.98. The first-order chi connectivity index (χ1) is 8.66. The Labute approximate surface area is 112 Å². The molecule has 94 valence electrons. The van der Waals surface area contributed by atoms with E-state index in [1.54, 1.807) is 12.1 Å². The van der Waals surface area contributed by atoms with E-state index in [0.717, 1.165) is 0 Å². The molecule has 0 radical (unpaired) electrons. The van der Waals surface area contributed by atoms with Crippen LogP contribution < -0.4 is 5.32 Å². The van der Waals surface area contributed by atoms with Crippen LogP contribution in [0, 0.1) is 5.82 Å². The topological polar surface area (TPSA) is 12.0 Å². The standard InChI is InChI=1S/C15H15ClFN/c1-11(12-5-3-2-4-6-12)18-10-13-9-14(16)7-8-15(13)17/h2-9,11,18H,10H2,1H3/t11-/m1/s1. The minimum Gasteiger partial charge on any atom is -0.306 e. The minimum atomic E-state index is -0.229. The Balaban J connectivity index is 2.01. The van der Waals surface area contributed by atoms with Crippen molar-refractivity contribution in [2.24, 2.45) is 0 Å². The van der Waals surface area contributed by atoms with Gasteiger partial charge in [-0.25, -0.2) is 4.39 Å². The van der Waals surface area contributed by atoms with Crippen LogP contribution in [-0.2, 0) is 6.54 Å². The first-order valence-corrected chi connectivity index (χ1v) is 6.27. The van der Waals surface area contributed by atoms with Crippen molar-refractivity contribution in [2.45, 2.75) is 19.5 Å². The Morgan fingerprint density at radius 2 is 1.89 bits per heavy atom. The smallest absolute Gasteiger partial charge is 0.127 e. The lowest BCUT2D eigenvalue weighted by atomic mass is 10.1. The van der Waals surface area contributed by atoms with Crippen molar-refractivity contribution < 1.29 is 4.39 Å². The van der Waals surface area contributed by atoms with E-state index in [2.05, 4.69) is 12.2 Å². The van der Waals surface area contributed by atoms with E-state index in [9.17, 15) is 4.39 Å². The van der Waals surface area contributed by atoms with E-state index in [1.807, 2.05) is 30.3 Å². The maximum absolute atomic E-state index is 13.5. The summed E-state index contributed by atoms with van der Waals surface area (Å²) in [4.78, 5) is 0. The Morgan fingerprint density at radius 1 is 1.17 bits per heavy atom. The van der Waals surface area contributed by atoms with Crippen LogP contribution in [0.1, 0.15) is 24.1 Å². The van der Waals surface area contributed by atoms with Gasteiger partial charge in [0.25, 0.3) is 0 Å². The average Bonchev–Trinajstić information content (AvgIpc) is 2.40. The number of hydrogen-bond acceptors (Lipinski definition) is 1. The molecule has 0 saturated heterocycles. The molecule has 2 aromatic rings. The number of benzene rings is 2. The van der Waals surface area contributed by atoms with E-state index in [4.69, 9.17) is 11.6 Å². The summed E-state index contributed by atoms with van der Waals surface area (Å²) in [6.45, 7) is 2.51. The molecule has 0 heterocycles. The Kier molecular flexibility index (Phi) is 4.34. The molecule has 0 aromatic heterocycles. The number of hydrogen-bond donors (Lipinski definition) is 1. The molecule has 0 fully saturated rings. The molecule has 0 amide bonds. The van der Waals surface area contributed by atoms with Crippen molar-refractivity contribution in [1.82, 2.24) is 5.32 Å². The van der Waals surface area contributed by atoms with Gasteiger partial charge in [0.05, 0.1) is 0 Å². The molecule has 2 aromatic carbocycles. The van der Waals surface area contributed by atoms with Gasteiger partial charge in [0.2, 0.25) is 0 Å². The highest BCUT2D eigenvalue weighted by atomic mass is 35.5. The lowest BCUT2D eigenvalue weighted by Crippen LogP contribution is -2.18. The Hall–Kier alpha value is -1.38. The maximum atomic E-state index is 13.5. The summed E-state index contributed by atoms with van der Waals surface area (Å²) < 4.78 is 13.5. The fraction of sp³-hybridized carbons (Fsp3) is 0.200. The molecule has 0 unspecified atom stereocenters. The summed E-state index contributed by atoms with van der Waals surface area (Å²) in [7, 11) is 0. The Morgan fingerprint density at radius 3 is 2.61 bits per heavy atom. The first kappa shape index (κ1) is 13.1. The summed E-state index contributed by atoms with van der Waals surface area (Å²) in [5, 5.41) is 3.84. The molecule has 1 N–H and O–H groups in total. The fourth-order valence-electron chi connectivity index (χ4n) is 1.80. The zero-order valence-electron chi connectivity index (χ0n) is 10.2. The SMILES string of the molecule is C[C@@H](NCc1cc(Cl)ccc1F)c1ccccc1. The van der Waals surface area contributed by atoms with Crippen molar-refractivity contribution in [3.05, 3.63) is 70.5 Å². The predicted octanol–water partition coefficient (Wildman–Crippen LogP) is 4.33. The molecule has 2 rings (SSSR count). The monoisotopic (exact) mass is 263 g/mol. The third kappa shape index (κ3) is 3.31. The highest BCUT2D eigenvalue weighted by Gasteiger charge is 2.07. The van der Waals surface area contributed by atoms with Crippen molar-refractivity contribution in [1.29, 1.82) is 0 Å². The van der Waals surface area contributed by atoms with Crippen LogP contribution in [0.25, 0.3) is 0 Å². The molecule has 1 atom stereocenters. The summed E-state index contributed by atoms with van der Waals surface area (Å²) in [5.41, 5.74) is 1.77. The lowest BCUT2D eigenvalue weighted by Gasteiger charge is -2.14. The normalized spacial score (nSPS) is 12.4. The highest BCUT2D eigenvalue weighted by molar-refractivity contribution is 6.30. The third-order valence-electron chi connectivity index (χ3n) is 2.91. The number of nitrogens with one attached hydrogen (secondary N) is 1. The van der Waals surface area contributed by atoms with Gasteiger partial charge >= 0.3 is 0 Å². The molecule has 1 nitrogen and oxygen atoms in total. The van der Waals surface area contributed by atoms with Crippen molar-refractivity contribution in [3.63, 3.8) is 0 Å². The van der Waals surface area contributed by atoms with Gasteiger partial charge < -0.3 is 5.32 Å². The van der Waals surface area contributed by atoms with E-state index in [-0.39, 0.29) is 11.9 Å². The zero-order chi connectivity index (χ0) is 13.0. The van der Waals surface area contributed by atoms with E-state index in [1.165, 1.54) is 11.6 Å². The largest absolute Gasteiger partial charge is 0.306 e. The van der Waals surface area contributed by atoms with E-state index in [0.29, 0.717) is 17.1 Å². The molecule has 0 spiro atoms. The van der Waals surface area contributed by atoms with Gasteiger partial charge in [-0.1, -0.05) is 41.9 Å². The summed E-state index contributed by atoms with van der Waals surface area (Å²) in [5.74, 6) is -0.229. The van der Waals surface area contributed by atoms with Gasteiger partial charge in [-0.3, -0.25) is 0 Å². The molecule has 18 heavy (non-hydrogen) atoms. The molecular weight excluding hydrogens is 249 g/mol. The van der Waals surface area contributed by atoms with Gasteiger partial charge in [0.1, 0.15) is 5.82 Å². The lowest BCUT2D eigenvalue weighted by molar-refractivity contribution is 0.544. The molecule has 0 aliphatic rings. The second-order valence-corrected chi connectivity index (χ2v) is 4.69. The molecule has 0 saturated carbocycles. The summed E-state index contributed by atoms with van der Waals surface area (Å²) in [6, 6.07) is 14.8. The fourth-order valence-corrected chi connectivity index (χ4v) is 2.00. The van der Waals surface area contributed by atoms with Gasteiger partial charge in [-0.05, 0) is 30.7 Å². The highest BCUT2D eigenvalue weighted by Crippen LogP contribution is 2.17. The Bertz CT molecular complexity index is 513. The van der Waals surface area contributed by atoms with Gasteiger partial charge in [-0.2, -0.15) is 0 Å². The van der Waals surface area contributed by atoms with Crippen LogP contribution >= 0.6 is 11.6 Å². The predicted molar refractivity (Wildman–Crippen MR) is 73.1 cm³/mol. The third-order valence-corrected chi connectivity index (χ3v) is 3.14. The maximum Gasteiger partial charge on any atom is 0.127 e. The minimum absolute atomic E-state index is 0.171. The van der Waals surface area contributed by atoms with Crippen LogP contribution in [0.5, 0.6) is 0 Å². The van der Waals surface area contributed by atoms with Crippen molar-refractivity contribution in [2.75, 3.05) is 0 Å². The van der Waals surface area contributed by atoms with Crippen LogP contribution in [0.3, 0.4) is 0 Å². The molecule has 0 bridgehead atoms.